The summed E-state index contributed by atoms with van der Waals surface area (Å²) in [6.45, 7) is 5.09. The number of ether oxygens (including phenoxy) is 1. The first kappa shape index (κ1) is 14.9. The zero-order valence-electron chi connectivity index (χ0n) is 11.3. The van der Waals surface area contributed by atoms with Gasteiger partial charge < -0.3 is 10.5 Å². The predicted octanol–water partition coefficient (Wildman–Crippen LogP) is 2.34. The van der Waals surface area contributed by atoms with Gasteiger partial charge in [0, 0.05) is 31.0 Å². The number of morpholine rings is 1. The Labute approximate surface area is 115 Å². The number of halogens is 3. The molecule has 1 saturated heterocycles. The van der Waals surface area contributed by atoms with Crippen molar-refractivity contribution in [1.82, 2.24) is 4.90 Å². The van der Waals surface area contributed by atoms with Gasteiger partial charge in [0.1, 0.15) is 0 Å². The van der Waals surface area contributed by atoms with Crippen LogP contribution < -0.4 is 11.1 Å². The molecule has 1 fully saturated rings. The van der Waals surface area contributed by atoms with Crippen LogP contribution in [0.3, 0.4) is 0 Å². The summed E-state index contributed by atoms with van der Waals surface area (Å²) in [5.41, 5.74) is 7.42. The highest BCUT2D eigenvalue weighted by Gasteiger charge is 2.28. The van der Waals surface area contributed by atoms with E-state index in [9.17, 15) is 13.2 Å². The number of anilines is 2. The Morgan fingerprint density at radius 2 is 1.95 bits per heavy atom. The SMILES string of the molecule is Cc1c(CN2CCOCC2)cc(N)cc1NC(F)(F)F. The van der Waals surface area contributed by atoms with Crippen LogP contribution in [-0.2, 0) is 11.3 Å². The third-order valence-electron chi connectivity index (χ3n) is 3.31. The van der Waals surface area contributed by atoms with E-state index in [1.807, 2.05) is 0 Å². The molecule has 0 saturated carbocycles. The molecule has 0 radical (unpaired) electrons. The second-order valence-electron chi connectivity index (χ2n) is 4.86. The van der Waals surface area contributed by atoms with Crippen LogP contribution in [-0.4, -0.2) is 37.5 Å². The maximum absolute atomic E-state index is 12.5. The lowest BCUT2D eigenvalue weighted by Gasteiger charge is -2.28. The maximum Gasteiger partial charge on any atom is 0.482 e. The fraction of sp³-hybridized carbons (Fsp3) is 0.538. The number of alkyl halides is 3. The van der Waals surface area contributed by atoms with Gasteiger partial charge in [0.2, 0.25) is 0 Å². The minimum absolute atomic E-state index is 0.0146. The van der Waals surface area contributed by atoms with Crippen LogP contribution in [0, 0.1) is 6.92 Å². The van der Waals surface area contributed by atoms with E-state index in [0.717, 1.165) is 18.7 Å². The largest absolute Gasteiger partial charge is 0.482 e. The highest BCUT2D eigenvalue weighted by atomic mass is 19.4. The standard InChI is InChI=1S/C13H18F3N3O/c1-9-10(8-19-2-4-20-5-3-19)6-11(17)7-12(9)18-13(14,15)16/h6-7,18H,2-5,8,17H2,1H3. The first-order valence-electron chi connectivity index (χ1n) is 6.39. The normalized spacial score (nSPS) is 17.2. The van der Waals surface area contributed by atoms with Crippen molar-refractivity contribution in [2.45, 2.75) is 19.8 Å². The van der Waals surface area contributed by atoms with Crippen LogP contribution in [0.25, 0.3) is 0 Å². The molecule has 2 rings (SSSR count). The molecule has 20 heavy (non-hydrogen) atoms. The van der Waals surface area contributed by atoms with Crippen molar-refractivity contribution in [2.75, 3.05) is 37.4 Å². The summed E-state index contributed by atoms with van der Waals surface area (Å²) >= 11 is 0. The lowest BCUT2D eigenvalue weighted by Crippen LogP contribution is -2.36. The molecule has 0 bridgehead atoms. The highest BCUT2D eigenvalue weighted by molar-refractivity contribution is 5.62. The highest BCUT2D eigenvalue weighted by Crippen LogP contribution is 2.28. The first-order valence-corrected chi connectivity index (χ1v) is 6.39. The molecule has 0 unspecified atom stereocenters. The van der Waals surface area contributed by atoms with Crippen molar-refractivity contribution < 1.29 is 17.9 Å². The summed E-state index contributed by atoms with van der Waals surface area (Å²) in [7, 11) is 0. The van der Waals surface area contributed by atoms with E-state index in [2.05, 4.69) is 4.90 Å². The van der Waals surface area contributed by atoms with E-state index >= 15 is 0 Å². The molecule has 1 aliphatic heterocycles. The van der Waals surface area contributed by atoms with E-state index in [4.69, 9.17) is 10.5 Å². The molecule has 1 aromatic rings. The van der Waals surface area contributed by atoms with Crippen molar-refractivity contribution in [3.63, 3.8) is 0 Å². The molecule has 1 heterocycles. The number of hydrogen-bond donors (Lipinski definition) is 2. The second-order valence-corrected chi connectivity index (χ2v) is 4.86. The molecule has 0 aromatic heterocycles. The van der Waals surface area contributed by atoms with Crippen molar-refractivity contribution in [3.05, 3.63) is 23.3 Å². The number of benzene rings is 1. The number of nitrogens with one attached hydrogen (secondary N) is 1. The summed E-state index contributed by atoms with van der Waals surface area (Å²) in [5.74, 6) is 0. The molecule has 0 atom stereocenters. The van der Waals surface area contributed by atoms with Crippen LogP contribution in [0.15, 0.2) is 12.1 Å². The molecule has 112 valence electrons. The molecule has 7 heteroatoms. The summed E-state index contributed by atoms with van der Waals surface area (Å²) in [5, 5.41) is 1.54. The predicted molar refractivity (Wildman–Crippen MR) is 71.4 cm³/mol. The average Bonchev–Trinajstić information content (AvgIpc) is 2.34. The van der Waals surface area contributed by atoms with Gasteiger partial charge in [-0.15, -0.1) is 0 Å². The minimum Gasteiger partial charge on any atom is -0.399 e. The topological polar surface area (TPSA) is 50.5 Å². The van der Waals surface area contributed by atoms with E-state index in [1.54, 1.807) is 18.3 Å². The Morgan fingerprint density at radius 3 is 2.55 bits per heavy atom. The van der Waals surface area contributed by atoms with Gasteiger partial charge in [-0.05, 0) is 30.2 Å². The fourth-order valence-electron chi connectivity index (χ4n) is 2.25. The molecule has 3 N–H and O–H groups in total. The van der Waals surface area contributed by atoms with Crippen LogP contribution >= 0.6 is 0 Å². The van der Waals surface area contributed by atoms with Gasteiger partial charge in [0.15, 0.2) is 0 Å². The lowest BCUT2D eigenvalue weighted by atomic mass is 10.0. The van der Waals surface area contributed by atoms with Crippen LogP contribution in [0.4, 0.5) is 24.5 Å². The number of rotatable bonds is 3. The zero-order chi connectivity index (χ0) is 14.8. The first-order chi connectivity index (χ1) is 9.35. The Kier molecular flexibility index (Phi) is 4.39. The van der Waals surface area contributed by atoms with Crippen LogP contribution in [0.2, 0.25) is 0 Å². The summed E-state index contributed by atoms with van der Waals surface area (Å²) < 4.78 is 42.6. The van der Waals surface area contributed by atoms with Gasteiger partial charge >= 0.3 is 6.30 Å². The van der Waals surface area contributed by atoms with Crippen molar-refractivity contribution in [3.8, 4) is 0 Å². The second kappa shape index (κ2) is 5.88. The van der Waals surface area contributed by atoms with Crippen molar-refractivity contribution >= 4 is 11.4 Å². The van der Waals surface area contributed by atoms with Gasteiger partial charge in [-0.2, -0.15) is 13.2 Å². The minimum atomic E-state index is -4.46. The molecule has 0 amide bonds. The maximum atomic E-state index is 12.5. The quantitative estimate of drug-likeness (QED) is 0.662. The van der Waals surface area contributed by atoms with Crippen molar-refractivity contribution in [1.29, 1.82) is 0 Å². The van der Waals surface area contributed by atoms with E-state index in [1.165, 1.54) is 6.07 Å². The van der Waals surface area contributed by atoms with Crippen LogP contribution in [0.5, 0.6) is 0 Å². The Bertz CT molecular complexity index is 471. The Hall–Kier alpha value is -1.47. The third kappa shape index (κ3) is 4.01. The summed E-state index contributed by atoms with van der Waals surface area (Å²) in [4.78, 5) is 2.14. The van der Waals surface area contributed by atoms with Gasteiger partial charge in [-0.3, -0.25) is 10.2 Å². The van der Waals surface area contributed by atoms with Gasteiger partial charge in [0.05, 0.1) is 13.2 Å². The molecule has 1 aliphatic rings. The number of hydrogen-bond acceptors (Lipinski definition) is 4. The number of nitrogen functional groups attached to an aromatic ring is 1. The lowest BCUT2D eigenvalue weighted by molar-refractivity contribution is -0.0999. The van der Waals surface area contributed by atoms with E-state index < -0.39 is 6.30 Å². The summed E-state index contributed by atoms with van der Waals surface area (Å²) in [6.07, 6.45) is -4.46. The van der Waals surface area contributed by atoms with E-state index in [0.29, 0.717) is 31.0 Å². The fourth-order valence-corrected chi connectivity index (χ4v) is 2.25. The molecular formula is C13H18F3N3O. The monoisotopic (exact) mass is 289 g/mol. The van der Waals surface area contributed by atoms with Gasteiger partial charge in [-0.1, -0.05) is 0 Å². The average molecular weight is 289 g/mol. The van der Waals surface area contributed by atoms with Gasteiger partial charge in [0.25, 0.3) is 0 Å². The molecule has 4 nitrogen and oxygen atoms in total. The van der Waals surface area contributed by atoms with Gasteiger partial charge in [-0.25, -0.2) is 0 Å². The molecule has 0 spiro atoms. The third-order valence-corrected chi connectivity index (χ3v) is 3.31. The molecular weight excluding hydrogens is 271 g/mol. The number of nitrogens with zero attached hydrogens (tertiary/aromatic N) is 1. The molecule has 1 aromatic carbocycles. The molecule has 0 aliphatic carbocycles. The van der Waals surface area contributed by atoms with E-state index in [-0.39, 0.29) is 5.69 Å². The number of nitrogens with two attached hydrogens (primary N) is 1. The van der Waals surface area contributed by atoms with Crippen molar-refractivity contribution in [2.24, 2.45) is 0 Å². The van der Waals surface area contributed by atoms with Crippen LogP contribution in [0.1, 0.15) is 11.1 Å². The smallest absolute Gasteiger partial charge is 0.399 e. The summed E-state index contributed by atoms with van der Waals surface area (Å²) in [6, 6.07) is 3.04. The zero-order valence-corrected chi connectivity index (χ0v) is 11.3. The Morgan fingerprint density at radius 1 is 1.30 bits per heavy atom. The Balaban J connectivity index is 2.19.